The van der Waals surface area contributed by atoms with E-state index >= 15 is 0 Å². The Hall–Kier alpha value is -3.04. The van der Waals surface area contributed by atoms with Crippen molar-refractivity contribution in [2.24, 2.45) is 0 Å². The summed E-state index contributed by atoms with van der Waals surface area (Å²) in [6.07, 6.45) is 3.81. The molecule has 11 heteroatoms. The number of benzene rings is 1. The molecule has 1 saturated carbocycles. The van der Waals surface area contributed by atoms with Gasteiger partial charge >= 0.3 is 6.09 Å². The van der Waals surface area contributed by atoms with Gasteiger partial charge in [0.05, 0.1) is 28.8 Å². The Labute approximate surface area is 231 Å². The Balaban J connectivity index is 1.69. The number of rotatable bonds is 6. The van der Waals surface area contributed by atoms with Gasteiger partial charge in [-0.25, -0.2) is 9.78 Å². The summed E-state index contributed by atoms with van der Waals surface area (Å²) < 4.78 is 12.4. The number of amides is 1. The molecule has 0 aliphatic heterocycles. The molecule has 1 aliphatic rings. The van der Waals surface area contributed by atoms with Gasteiger partial charge in [-0.2, -0.15) is 4.98 Å². The number of fused-ring (bicyclic) bond motifs is 1. The zero-order valence-electron chi connectivity index (χ0n) is 22.4. The summed E-state index contributed by atoms with van der Waals surface area (Å²) in [6, 6.07) is 3.25. The first-order chi connectivity index (χ1) is 17.9. The molecule has 4 rings (SSSR count). The van der Waals surface area contributed by atoms with E-state index in [4.69, 9.17) is 32.7 Å². The van der Waals surface area contributed by atoms with Gasteiger partial charge in [0.1, 0.15) is 17.0 Å². The van der Waals surface area contributed by atoms with Gasteiger partial charge in [0.15, 0.2) is 0 Å². The second kappa shape index (κ2) is 11.0. The van der Waals surface area contributed by atoms with Gasteiger partial charge in [-0.15, -0.1) is 0 Å². The molecule has 0 saturated heterocycles. The Morgan fingerprint density at radius 1 is 1.18 bits per heavy atom. The van der Waals surface area contributed by atoms with E-state index in [2.05, 4.69) is 20.6 Å². The molecule has 1 unspecified atom stereocenters. The Kier molecular flexibility index (Phi) is 8.09. The van der Waals surface area contributed by atoms with Gasteiger partial charge in [0.25, 0.3) is 5.56 Å². The fourth-order valence-electron chi connectivity index (χ4n) is 4.76. The topological polar surface area (TPSA) is 107 Å². The lowest BCUT2D eigenvalue weighted by atomic mass is 10.0. The first kappa shape index (κ1) is 28.0. The van der Waals surface area contributed by atoms with E-state index in [-0.39, 0.29) is 22.7 Å². The maximum absolute atomic E-state index is 13.6. The number of ether oxygens (including phenoxy) is 2. The van der Waals surface area contributed by atoms with Gasteiger partial charge in [0.2, 0.25) is 5.95 Å². The highest BCUT2D eigenvalue weighted by atomic mass is 35.5. The Morgan fingerprint density at radius 2 is 1.89 bits per heavy atom. The smallest absolute Gasteiger partial charge is 0.407 e. The first-order valence-electron chi connectivity index (χ1n) is 12.6. The SMILES string of the molecule is CCn1c(=O)c(-c2c(Cl)c(C)cc(OC)c2Cl)cc2cnc(NC3CCC[C@@H]3NC(=O)OC(C)(C)C)nc21. The summed E-state index contributed by atoms with van der Waals surface area (Å²) in [5.41, 5.74) is 1.15. The van der Waals surface area contributed by atoms with Crippen molar-refractivity contribution in [2.75, 3.05) is 12.4 Å². The Morgan fingerprint density at radius 3 is 2.55 bits per heavy atom. The number of hydrogen-bond donors (Lipinski definition) is 2. The predicted octanol–water partition coefficient (Wildman–Crippen LogP) is 5.96. The number of aryl methyl sites for hydroxylation is 2. The molecule has 0 spiro atoms. The Bertz CT molecular complexity index is 1430. The zero-order valence-corrected chi connectivity index (χ0v) is 24.0. The molecular formula is C27H33Cl2N5O4. The number of nitrogens with zero attached hydrogens (tertiary/aromatic N) is 3. The molecule has 204 valence electrons. The summed E-state index contributed by atoms with van der Waals surface area (Å²) >= 11 is 13.2. The van der Waals surface area contributed by atoms with Crippen molar-refractivity contribution >= 4 is 46.3 Å². The van der Waals surface area contributed by atoms with Crippen molar-refractivity contribution in [1.29, 1.82) is 0 Å². The minimum absolute atomic E-state index is 0.0709. The van der Waals surface area contributed by atoms with Gasteiger partial charge in [-0.05, 0) is 71.6 Å². The van der Waals surface area contributed by atoms with Crippen molar-refractivity contribution in [3.05, 3.63) is 44.3 Å². The summed E-state index contributed by atoms with van der Waals surface area (Å²) in [5, 5.41) is 7.62. The molecule has 0 radical (unpaired) electrons. The summed E-state index contributed by atoms with van der Waals surface area (Å²) in [5.74, 6) is 0.816. The van der Waals surface area contributed by atoms with Gasteiger partial charge < -0.3 is 20.1 Å². The number of methoxy groups -OCH3 is 1. The van der Waals surface area contributed by atoms with Crippen LogP contribution in [0.3, 0.4) is 0 Å². The lowest BCUT2D eigenvalue weighted by Gasteiger charge is -2.25. The number of carbonyl (C=O) groups is 1. The molecule has 1 aromatic carbocycles. The number of hydrogen-bond acceptors (Lipinski definition) is 7. The molecule has 9 nitrogen and oxygen atoms in total. The van der Waals surface area contributed by atoms with Gasteiger partial charge in [-0.3, -0.25) is 9.36 Å². The van der Waals surface area contributed by atoms with Crippen LogP contribution in [0.5, 0.6) is 5.75 Å². The number of carbonyl (C=O) groups excluding carboxylic acids is 1. The van der Waals surface area contributed by atoms with Crippen molar-refractivity contribution < 1.29 is 14.3 Å². The third kappa shape index (κ3) is 5.68. The normalized spacial score (nSPS) is 17.5. The highest BCUT2D eigenvalue weighted by Crippen LogP contribution is 2.42. The largest absolute Gasteiger partial charge is 0.495 e. The fraction of sp³-hybridized carbons (Fsp3) is 0.481. The van der Waals surface area contributed by atoms with E-state index in [0.717, 1.165) is 24.8 Å². The second-order valence-electron chi connectivity index (χ2n) is 10.4. The molecule has 1 fully saturated rings. The van der Waals surface area contributed by atoms with Crippen LogP contribution >= 0.6 is 23.2 Å². The maximum Gasteiger partial charge on any atom is 0.407 e. The van der Waals surface area contributed by atoms with E-state index in [0.29, 0.717) is 45.4 Å². The zero-order chi connectivity index (χ0) is 27.8. The average molecular weight is 562 g/mol. The summed E-state index contributed by atoms with van der Waals surface area (Å²) in [6.45, 7) is 9.57. The standard InChI is InChI=1S/C27H33Cl2N5O4/c1-7-34-23-15(12-16(24(34)35)20-21(28)14(2)11-19(37-6)22(20)29)13-30-25(33-23)31-17-9-8-10-18(17)32-26(36)38-27(3,4)5/h11-13,17-18H,7-10H2,1-6H3,(H,32,36)(H,30,31,33)/t17?,18-/m0/s1. The number of anilines is 1. The minimum atomic E-state index is -0.576. The van der Waals surface area contributed by atoms with E-state index < -0.39 is 11.7 Å². The van der Waals surface area contributed by atoms with E-state index in [1.165, 1.54) is 7.11 Å². The van der Waals surface area contributed by atoms with Crippen LogP contribution in [0.2, 0.25) is 10.0 Å². The number of pyridine rings is 1. The molecule has 1 aliphatic carbocycles. The van der Waals surface area contributed by atoms with Crippen LogP contribution in [0.1, 0.15) is 52.5 Å². The molecule has 2 N–H and O–H groups in total. The van der Waals surface area contributed by atoms with E-state index in [1.807, 2.05) is 34.6 Å². The van der Waals surface area contributed by atoms with Crippen LogP contribution in [0.15, 0.2) is 23.1 Å². The molecule has 2 aromatic heterocycles. The van der Waals surface area contributed by atoms with Crippen LogP contribution < -0.4 is 20.9 Å². The van der Waals surface area contributed by atoms with Crippen LogP contribution in [0.25, 0.3) is 22.2 Å². The quantitative estimate of drug-likeness (QED) is 0.382. The van der Waals surface area contributed by atoms with Gasteiger partial charge in [-0.1, -0.05) is 23.2 Å². The van der Waals surface area contributed by atoms with E-state index in [1.54, 1.807) is 22.9 Å². The number of nitrogens with one attached hydrogen (secondary N) is 2. The highest BCUT2D eigenvalue weighted by Gasteiger charge is 2.31. The number of alkyl carbamates (subject to hydrolysis) is 1. The lowest BCUT2D eigenvalue weighted by Crippen LogP contribution is -2.45. The van der Waals surface area contributed by atoms with Crippen LogP contribution in [-0.4, -0.2) is 45.4 Å². The predicted molar refractivity (Wildman–Crippen MR) is 151 cm³/mol. The highest BCUT2D eigenvalue weighted by molar-refractivity contribution is 6.40. The van der Waals surface area contributed by atoms with Crippen molar-refractivity contribution in [3.63, 3.8) is 0 Å². The van der Waals surface area contributed by atoms with Crippen LogP contribution in [0, 0.1) is 6.92 Å². The fourth-order valence-corrected chi connectivity index (χ4v) is 5.38. The van der Waals surface area contributed by atoms with Crippen LogP contribution in [-0.2, 0) is 11.3 Å². The van der Waals surface area contributed by atoms with Crippen LogP contribution in [0.4, 0.5) is 10.7 Å². The second-order valence-corrected chi connectivity index (χ2v) is 11.2. The molecular weight excluding hydrogens is 529 g/mol. The summed E-state index contributed by atoms with van der Waals surface area (Å²) in [7, 11) is 1.52. The average Bonchev–Trinajstić information content (AvgIpc) is 3.26. The van der Waals surface area contributed by atoms with E-state index in [9.17, 15) is 9.59 Å². The van der Waals surface area contributed by atoms with Crippen molar-refractivity contribution in [3.8, 4) is 16.9 Å². The number of halogens is 2. The first-order valence-corrected chi connectivity index (χ1v) is 13.4. The maximum atomic E-state index is 13.6. The molecule has 2 heterocycles. The molecule has 3 aromatic rings. The third-order valence-corrected chi connectivity index (χ3v) is 7.38. The molecule has 0 bridgehead atoms. The summed E-state index contributed by atoms with van der Waals surface area (Å²) in [4.78, 5) is 35.1. The van der Waals surface area contributed by atoms with Crippen molar-refractivity contribution in [1.82, 2.24) is 19.9 Å². The molecule has 1 amide bonds. The third-order valence-electron chi connectivity index (χ3n) is 6.51. The lowest BCUT2D eigenvalue weighted by molar-refractivity contribution is 0.0503. The van der Waals surface area contributed by atoms with Gasteiger partial charge in [0, 0.05) is 29.7 Å². The van der Waals surface area contributed by atoms with Crippen molar-refractivity contribution in [2.45, 2.75) is 78.1 Å². The molecule has 2 atom stereocenters. The number of aromatic nitrogens is 3. The minimum Gasteiger partial charge on any atom is -0.495 e. The molecule has 38 heavy (non-hydrogen) atoms. The monoisotopic (exact) mass is 561 g/mol.